The Morgan fingerprint density at radius 3 is 2.85 bits per heavy atom. The van der Waals surface area contributed by atoms with Crippen LogP contribution in [0.25, 0.3) is 0 Å². The van der Waals surface area contributed by atoms with Crippen molar-refractivity contribution < 1.29 is 0 Å². The van der Waals surface area contributed by atoms with Crippen LogP contribution in [0, 0.1) is 0 Å². The monoisotopic (exact) mass is 372 g/mol. The fourth-order valence-electron chi connectivity index (χ4n) is 1.68. The third kappa shape index (κ3) is 3.87. The SMILES string of the molecule is CC(C)c1nc(CSc2cccc(Cl)c2)[nH]c(=O)c1Br. The molecular formula is C14H14BrClN2OS. The number of benzene rings is 1. The second kappa shape index (κ2) is 6.78. The molecule has 0 aliphatic rings. The lowest BCUT2D eigenvalue weighted by Gasteiger charge is -2.09. The highest BCUT2D eigenvalue weighted by atomic mass is 79.9. The third-order valence-corrected chi connectivity index (χ3v) is 4.66. The van der Waals surface area contributed by atoms with Gasteiger partial charge in [-0.25, -0.2) is 4.98 Å². The Kier molecular flexibility index (Phi) is 5.29. The van der Waals surface area contributed by atoms with Gasteiger partial charge < -0.3 is 4.98 Å². The van der Waals surface area contributed by atoms with Gasteiger partial charge in [-0.1, -0.05) is 31.5 Å². The lowest BCUT2D eigenvalue weighted by molar-refractivity contribution is 0.784. The van der Waals surface area contributed by atoms with E-state index in [9.17, 15) is 4.79 Å². The van der Waals surface area contributed by atoms with E-state index in [4.69, 9.17) is 11.6 Å². The van der Waals surface area contributed by atoms with Crippen LogP contribution in [-0.4, -0.2) is 9.97 Å². The summed E-state index contributed by atoms with van der Waals surface area (Å²) in [4.78, 5) is 20.2. The molecule has 1 aromatic heterocycles. The predicted octanol–water partition coefficient (Wildman–Crippen LogP) is 4.60. The summed E-state index contributed by atoms with van der Waals surface area (Å²) in [6.45, 7) is 4.03. The summed E-state index contributed by atoms with van der Waals surface area (Å²) in [5.41, 5.74) is 0.654. The number of hydrogen-bond donors (Lipinski definition) is 1. The Morgan fingerprint density at radius 2 is 2.20 bits per heavy atom. The maximum Gasteiger partial charge on any atom is 0.265 e. The van der Waals surface area contributed by atoms with Gasteiger partial charge in [0.05, 0.1) is 11.4 Å². The van der Waals surface area contributed by atoms with Crippen molar-refractivity contribution in [1.29, 1.82) is 0 Å². The second-order valence-electron chi connectivity index (χ2n) is 4.61. The van der Waals surface area contributed by atoms with Gasteiger partial charge in [0, 0.05) is 9.92 Å². The topological polar surface area (TPSA) is 45.8 Å². The quantitative estimate of drug-likeness (QED) is 0.797. The second-order valence-corrected chi connectivity index (χ2v) is 6.89. The van der Waals surface area contributed by atoms with E-state index < -0.39 is 0 Å². The Bertz CT molecular complexity index is 672. The van der Waals surface area contributed by atoms with Crippen LogP contribution in [0.4, 0.5) is 0 Å². The van der Waals surface area contributed by atoms with E-state index in [2.05, 4.69) is 25.9 Å². The molecule has 0 saturated heterocycles. The van der Waals surface area contributed by atoms with Crippen molar-refractivity contribution in [3.8, 4) is 0 Å². The zero-order valence-electron chi connectivity index (χ0n) is 11.1. The van der Waals surface area contributed by atoms with Crippen molar-refractivity contribution in [3.63, 3.8) is 0 Å². The molecule has 0 fully saturated rings. The number of nitrogens with one attached hydrogen (secondary N) is 1. The number of H-pyrrole nitrogens is 1. The maximum atomic E-state index is 11.9. The van der Waals surface area contributed by atoms with Gasteiger partial charge in [-0.2, -0.15) is 0 Å². The molecule has 3 nitrogen and oxygen atoms in total. The molecule has 106 valence electrons. The van der Waals surface area contributed by atoms with E-state index in [-0.39, 0.29) is 11.5 Å². The van der Waals surface area contributed by atoms with Crippen LogP contribution >= 0.6 is 39.3 Å². The molecule has 6 heteroatoms. The Balaban J connectivity index is 2.20. The van der Waals surface area contributed by atoms with Gasteiger partial charge in [-0.15, -0.1) is 11.8 Å². The Morgan fingerprint density at radius 1 is 1.45 bits per heavy atom. The number of aromatic nitrogens is 2. The van der Waals surface area contributed by atoms with E-state index in [0.29, 0.717) is 21.1 Å². The summed E-state index contributed by atoms with van der Waals surface area (Å²) < 4.78 is 0.518. The van der Waals surface area contributed by atoms with Crippen LogP contribution in [0.3, 0.4) is 0 Å². The smallest absolute Gasteiger partial charge is 0.265 e. The highest BCUT2D eigenvalue weighted by molar-refractivity contribution is 9.10. The van der Waals surface area contributed by atoms with Gasteiger partial charge in [0.15, 0.2) is 0 Å². The fraction of sp³-hybridized carbons (Fsp3) is 0.286. The summed E-state index contributed by atoms with van der Waals surface area (Å²) in [7, 11) is 0. The summed E-state index contributed by atoms with van der Waals surface area (Å²) in [6.07, 6.45) is 0. The zero-order valence-corrected chi connectivity index (χ0v) is 14.3. The van der Waals surface area contributed by atoms with E-state index >= 15 is 0 Å². The fourth-order valence-corrected chi connectivity index (χ4v) is 3.41. The molecule has 0 aliphatic heterocycles. The minimum atomic E-state index is -0.134. The lowest BCUT2D eigenvalue weighted by Crippen LogP contribution is -2.16. The van der Waals surface area contributed by atoms with Crippen molar-refractivity contribution >= 4 is 39.3 Å². The van der Waals surface area contributed by atoms with E-state index in [1.807, 2.05) is 38.1 Å². The van der Waals surface area contributed by atoms with Crippen molar-refractivity contribution in [3.05, 3.63) is 55.6 Å². The molecule has 20 heavy (non-hydrogen) atoms. The average molecular weight is 374 g/mol. The highest BCUT2D eigenvalue weighted by Gasteiger charge is 2.12. The minimum Gasteiger partial charge on any atom is -0.309 e. The number of hydrogen-bond acceptors (Lipinski definition) is 3. The lowest BCUT2D eigenvalue weighted by atomic mass is 10.1. The summed E-state index contributed by atoms with van der Waals surface area (Å²) in [5.74, 6) is 1.47. The molecule has 0 saturated carbocycles. The summed E-state index contributed by atoms with van der Waals surface area (Å²) in [5, 5.41) is 0.704. The third-order valence-electron chi connectivity index (χ3n) is 2.66. The molecule has 1 N–H and O–H groups in total. The number of halogens is 2. The zero-order chi connectivity index (χ0) is 14.7. The predicted molar refractivity (Wildman–Crippen MR) is 87.7 cm³/mol. The van der Waals surface area contributed by atoms with Crippen molar-refractivity contribution in [2.24, 2.45) is 0 Å². The Hall–Kier alpha value is -0.780. The van der Waals surface area contributed by atoms with Crippen LogP contribution < -0.4 is 5.56 Å². The molecular weight excluding hydrogens is 360 g/mol. The summed E-state index contributed by atoms with van der Waals surface area (Å²) in [6, 6.07) is 7.62. The maximum absolute atomic E-state index is 11.9. The van der Waals surface area contributed by atoms with Gasteiger partial charge >= 0.3 is 0 Å². The number of aromatic amines is 1. The molecule has 2 aromatic rings. The van der Waals surface area contributed by atoms with Crippen molar-refractivity contribution in [1.82, 2.24) is 9.97 Å². The molecule has 0 atom stereocenters. The van der Waals surface area contributed by atoms with Crippen LogP contribution in [0.2, 0.25) is 5.02 Å². The molecule has 0 aliphatic carbocycles. The molecule has 0 spiro atoms. The van der Waals surface area contributed by atoms with E-state index in [0.717, 1.165) is 10.6 Å². The first-order chi connectivity index (χ1) is 9.47. The van der Waals surface area contributed by atoms with Gasteiger partial charge in [0.1, 0.15) is 10.3 Å². The number of nitrogens with zero attached hydrogens (tertiary/aromatic N) is 1. The van der Waals surface area contributed by atoms with Gasteiger partial charge in [-0.05, 0) is 40.0 Å². The Labute approximate surface area is 135 Å². The first kappa shape index (κ1) is 15.6. The van der Waals surface area contributed by atoms with Gasteiger partial charge in [0.2, 0.25) is 0 Å². The van der Waals surface area contributed by atoms with Crippen LogP contribution in [-0.2, 0) is 5.75 Å². The highest BCUT2D eigenvalue weighted by Crippen LogP contribution is 2.25. The van der Waals surface area contributed by atoms with Crippen molar-refractivity contribution in [2.75, 3.05) is 0 Å². The van der Waals surface area contributed by atoms with Gasteiger partial charge in [0.25, 0.3) is 5.56 Å². The van der Waals surface area contributed by atoms with Crippen molar-refractivity contribution in [2.45, 2.75) is 30.4 Å². The van der Waals surface area contributed by atoms with Crippen LogP contribution in [0.15, 0.2) is 38.4 Å². The van der Waals surface area contributed by atoms with E-state index in [1.54, 1.807) is 11.8 Å². The molecule has 1 aromatic carbocycles. The normalized spacial score (nSPS) is 11.1. The number of rotatable bonds is 4. The first-order valence-corrected chi connectivity index (χ1v) is 8.30. The standard InChI is InChI=1S/C14H14BrClN2OS/c1-8(2)13-12(15)14(19)18-11(17-13)7-20-10-5-3-4-9(16)6-10/h3-6,8H,7H2,1-2H3,(H,17,18,19). The minimum absolute atomic E-state index is 0.134. The summed E-state index contributed by atoms with van der Waals surface area (Å²) >= 11 is 10.8. The van der Waals surface area contributed by atoms with Gasteiger partial charge in [-0.3, -0.25) is 4.79 Å². The van der Waals surface area contributed by atoms with Crippen LogP contribution in [0.1, 0.15) is 31.3 Å². The molecule has 0 radical (unpaired) electrons. The largest absolute Gasteiger partial charge is 0.309 e. The number of thioether (sulfide) groups is 1. The molecule has 0 amide bonds. The van der Waals surface area contributed by atoms with E-state index in [1.165, 1.54) is 0 Å². The molecule has 0 bridgehead atoms. The average Bonchev–Trinajstić information content (AvgIpc) is 2.39. The van der Waals surface area contributed by atoms with Crippen LogP contribution in [0.5, 0.6) is 0 Å². The molecule has 0 unspecified atom stereocenters. The molecule has 1 heterocycles. The first-order valence-electron chi connectivity index (χ1n) is 6.14. The molecule has 2 rings (SSSR count).